The number of aromatic amines is 1. The van der Waals surface area contributed by atoms with Crippen molar-refractivity contribution < 1.29 is 9.52 Å². The average molecular weight is 165 g/mol. The zero-order valence-corrected chi connectivity index (χ0v) is 6.14. The van der Waals surface area contributed by atoms with Gasteiger partial charge in [0.1, 0.15) is 11.5 Å². The first kappa shape index (κ1) is 7.05. The Labute approximate surface area is 68.0 Å². The SMILES string of the molecule is OC(c1cn[nH]n1)c1ccco1. The second-order valence-electron chi connectivity index (χ2n) is 2.31. The van der Waals surface area contributed by atoms with Gasteiger partial charge in [-0.15, -0.1) is 0 Å². The Hall–Kier alpha value is -1.62. The number of aromatic nitrogens is 3. The number of nitrogens with one attached hydrogen (secondary N) is 1. The Morgan fingerprint density at radius 1 is 1.58 bits per heavy atom. The Morgan fingerprint density at radius 3 is 3.08 bits per heavy atom. The first-order valence-corrected chi connectivity index (χ1v) is 3.45. The highest BCUT2D eigenvalue weighted by Crippen LogP contribution is 2.18. The van der Waals surface area contributed by atoms with E-state index in [9.17, 15) is 5.11 Å². The molecule has 0 bridgehead atoms. The lowest BCUT2D eigenvalue weighted by atomic mass is 10.2. The van der Waals surface area contributed by atoms with Crippen LogP contribution in [0.4, 0.5) is 0 Å². The number of H-pyrrole nitrogens is 1. The summed E-state index contributed by atoms with van der Waals surface area (Å²) in [6.07, 6.45) is 2.12. The van der Waals surface area contributed by atoms with Gasteiger partial charge in [0.2, 0.25) is 0 Å². The van der Waals surface area contributed by atoms with Crippen molar-refractivity contribution in [3.8, 4) is 0 Å². The Morgan fingerprint density at radius 2 is 2.50 bits per heavy atom. The van der Waals surface area contributed by atoms with E-state index >= 15 is 0 Å². The molecule has 5 nitrogen and oxygen atoms in total. The Balaban J connectivity index is 2.27. The summed E-state index contributed by atoms with van der Waals surface area (Å²) < 4.78 is 4.99. The molecule has 2 rings (SSSR count). The van der Waals surface area contributed by atoms with Gasteiger partial charge in [0, 0.05) is 0 Å². The number of nitrogens with zero attached hydrogens (tertiary/aromatic N) is 2. The van der Waals surface area contributed by atoms with E-state index in [0.29, 0.717) is 11.5 Å². The van der Waals surface area contributed by atoms with Gasteiger partial charge in [0.25, 0.3) is 0 Å². The predicted octanol–water partition coefficient (Wildman–Crippen LogP) is 0.479. The van der Waals surface area contributed by atoms with E-state index < -0.39 is 6.10 Å². The second kappa shape index (κ2) is 2.78. The van der Waals surface area contributed by atoms with Crippen LogP contribution in [-0.4, -0.2) is 20.5 Å². The van der Waals surface area contributed by atoms with Gasteiger partial charge in [0.15, 0.2) is 6.10 Å². The summed E-state index contributed by atoms with van der Waals surface area (Å²) >= 11 is 0. The summed E-state index contributed by atoms with van der Waals surface area (Å²) in [7, 11) is 0. The molecular weight excluding hydrogens is 158 g/mol. The van der Waals surface area contributed by atoms with E-state index in [0.717, 1.165) is 0 Å². The molecule has 0 spiro atoms. The molecule has 0 aliphatic heterocycles. The molecule has 0 amide bonds. The number of hydrogen-bond acceptors (Lipinski definition) is 4. The molecule has 1 atom stereocenters. The molecule has 2 aromatic rings. The summed E-state index contributed by atoms with van der Waals surface area (Å²) in [5.74, 6) is 0.462. The van der Waals surface area contributed by atoms with E-state index in [-0.39, 0.29) is 0 Å². The molecule has 2 heterocycles. The molecule has 2 aromatic heterocycles. The van der Waals surface area contributed by atoms with Crippen LogP contribution in [0.5, 0.6) is 0 Å². The zero-order chi connectivity index (χ0) is 8.39. The van der Waals surface area contributed by atoms with Gasteiger partial charge >= 0.3 is 0 Å². The van der Waals surface area contributed by atoms with Crippen LogP contribution in [0.1, 0.15) is 17.6 Å². The Kier molecular flexibility index (Phi) is 1.64. The summed E-state index contributed by atoms with van der Waals surface area (Å²) in [4.78, 5) is 0. The third kappa shape index (κ3) is 1.10. The highest BCUT2D eigenvalue weighted by molar-refractivity contribution is 5.13. The van der Waals surface area contributed by atoms with E-state index in [2.05, 4.69) is 15.4 Å². The number of furan rings is 1. The van der Waals surface area contributed by atoms with Crippen LogP contribution in [0, 0.1) is 0 Å². The first-order chi connectivity index (χ1) is 5.88. The summed E-state index contributed by atoms with van der Waals surface area (Å²) in [6.45, 7) is 0. The third-order valence-corrected chi connectivity index (χ3v) is 1.53. The van der Waals surface area contributed by atoms with Crippen LogP contribution < -0.4 is 0 Å². The van der Waals surface area contributed by atoms with E-state index in [1.807, 2.05) is 0 Å². The standard InChI is InChI=1S/C7H7N3O2/c11-7(5-4-8-10-9-5)6-2-1-3-12-6/h1-4,7,11H,(H,8,9,10). The van der Waals surface area contributed by atoms with Crippen molar-refractivity contribution in [2.24, 2.45) is 0 Å². The van der Waals surface area contributed by atoms with Gasteiger partial charge in [0.05, 0.1) is 12.5 Å². The van der Waals surface area contributed by atoms with Crippen molar-refractivity contribution in [3.05, 3.63) is 36.0 Å². The average Bonchev–Trinajstić information content (AvgIpc) is 2.77. The van der Waals surface area contributed by atoms with Crippen LogP contribution in [0.2, 0.25) is 0 Å². The minimum Gasteiger partial charge on any atom is -0.466 e. The van der Waals surface area contributed by atoms with E-state index in [4.69, 9.17) is 4.42 Å². The maximum absolute atomic E-state index is 9.55. The molecule has 0 fully saturated rings. The van der Waals surface area contributed by atoms with Crippen molar-refractivity contribution in [2.75, 3.05) is 0 Å². The fourth-order valence-corrected chi connectivity index (χ4v) is 0.935. The molecule has 12 heavy (non-hydrogen) atoms. The lowest BCUT2D eigenvalue weighted by molar-refractivity contribution is 0.184. The lowest BCUT2D eigenvalue weighted by Crippen LogP contribution is -1.97. The first-order valence-electron chi connectivity index (χ1n) is 3.45. The Bertz CT molecular complexity index is 293. The van der Waals surface area contributed by atoms with Gasteiger partial charge in [-0.05, 0) is 12.1 Å². The number of hydrogen-bond donors (Lipinski definition) is 2. The summed E-state index contributed by atoms with van der Waals surface area (Å²) in [5, 5.41) is 19.3. The molecule has 62 valence electrons. The van der Waals surface area contributed by atoms with Gasteiger partial charge in [-0.2, -0.15) is 15.4 Å². The molecule has 0 aromatic carbocycles. The minimum absolute atomic E-state index is 0.449. The highest BCUT2D eigenvalue weighted by atomic mass is 16.4. The summed E-state index contributed by atoms with van der Waals surface area (Å²) in [5.41, 5.74) is 0.449. The number of rotatable bonds is 2. The van der Waals surface area contributed by atoms with Crippen LogP contribution in [0.3, 0.4) is 0 Å². The number of aliphatic hydroxyl groups is 1. The maximum atomic E-state index is 9.55. The predicted molar refractivity (Wildman–Crippen MR) is 39.2 cm³/mol. The summed E-state index contributed by atoms with van der Waals surface area (Å²) in [6, 6.07) is 3.39. The van der Waals surface area contributed by atoms with Gasteiger partial charge in [-0.3, -0.25) is 0 Å². The topological polar surface area (TPSA) is 74.9 Å². The van der Waals surface area contributed by atoms with Crippen LogP contribution in [-0.2, 0) is 0 Å². The minimum atomic E-state index is -0.834. The normalized spacial score (nSPS) is 13.1. The molecule has 0 saturated carbocycles. The molecule has 0 radical (unpaired) electrons. The molecule has 5 heteroatoms. The smallest absolute Gasteiger partial charge is 0.157 e. The van der Waals surface area contributed by atoms with Gasteiger partial charge < -0.3 is 9.52 Å². The fourth-order valence-electron chi connectivity index (χ4n) is 0.935. The molecule has 1 unspecified atom stereocenters. The molecule has 0 saturated heterocycles. The van der Waals surface area contributed by atoms with Crippen molar-refractivity contribution in [1.29, 1.82) is 0 Å². The fraction of sp³-hybridized carbons (Fsp3) is 0.143. The van der Waals surface area contributed by atoms with Gasteiger partial charge in [-0.1, -0.05) is 0 Å². The molecular formula is C7H7N3O2. The maximum Gasteiger partial charge on any atom is 0.157 e. The monoisotopic (exact) mass is 165 g/mol. The van der Waals surface area contributed by atoms with Crippen molar-refractivity contribution in [2.45, 2.75) is 6.10 Å². The lowest BCUT2D eigenvalue weighted by Gasteiger charge is -2.00. The van der Waals surface area contributed by atoms with E-state index in [1.54, 1.807) is 12.1 Å². The quantitative estimate of drug-likeness (QED) is 0.678. The van der Waals surface area contributed by atoms with Crippen molar-refractivity contribution in [3.63, 3.8) is 0 Å². The highest BCUT2D eigenvalue weighted by Gasteiger charge is 2.14. The largest absolute Gasteiger partial charge is 0.466 e. The number of aliphatic hydroxyl groups excluding tert-OH is 1. The molecule has 0 aliphatic carbocycles. The zero-order valence-electron chi connectivity index (χ0n) is 6.14. The van der Waals surface area contributed by atoms with Crippen LogP contribution >= 0.6 is 0 Å². The van der Waals surface area contributed by atoms with Crippen molar-refractivity contribution >= 4 is 0 Å². The van der Waals surface area contributed by atoms with Gasteiger partial charge in [-0.25, -0.2) is 0 Å². The molecule has 2 N–H and O–H groups in total. The van der Waals surface area contributed by atoms with Crippen LogP contribution in [0.15, 0.2) is 29.0 Å². The second-order valence-corrected chi connectivity index (χ2v) is 2.31. The van der Waals surface area contributed by atoms with Crippen molar-refractivity contribution in [1.82, 2.24) is 15.4 Å². The van der Waals surface area contributed by atoms with Crippen LogP contribution in [0.25, 0.3) is 0 Å². The molecule has 0 aliphatic rings. The van der Waals surface area contributed by atoms with E-state index in [1.165, 1.54) is 12.5 Å². The third-order valence-electron chi connectivity index (χ3n) is 1.53.